The molecule has 0 aliphatic rings. The number of anilines is 1. The number of aromatic nitrogens is 2. The molecule has 2 N–H and O–H groups in total. The summed E-state index contributed by atoms with van der Waals surface area (Å²) in [7, 11) is 0. The predicted molar refractivity (Wildman–Crippen MR) is 71.8 cm³/mol. The molecule has 0 aromatic carbocycles. The molecule has 0 amide bonds. The molecule has 0 spiro atoms. The summed E-state index contributed by atoms with van der Waals surface area (Å²) in [4.78, 5) is 11.2. The molecule has 0 radical (unpaired) electrons. The summed E-state index contributed by atoms with van der Waals surface area (Å²) in [6, 6.07) is -0.0933. The molecule has 0 saturated heterocycles. The molecular formula is C12H15N3O3S. The molecule has 19 heavy (non-hydrogen) atoms. The van der Waals surface area contributed by atoms with Crippen LogP contribution in [0.1, 0.15) is 46.0 Å². The predicted octanol–water partition coefficient (Wildman–Crippen LogP) is 2.93. The number of aryl methyl sites for hydroxylation is 3. The van der Waals surface area contributed by atoms with E-state index >= 15 is 0 Å². The van der Waals surface area contributed by atoms with E-state index in [1.807, 2.05) is 20.8 Å². The number of rotatable bonds is 4. The Balaban J connectivity index is 2.30. The van der Waals surface area contributed by atoms with Crippen molar-refractivity contribution < 1.29 is 14.4 Å². The van der Waals surface area contributed by atoms with Gasteiger partial charge in [0.05, 0.1) is 17.4 Å². The van der Waals surface area contributed by atoms with E-state index in [0.717, 1.165) is 28.6 Å². The first-order chi connectivity index (χ1) is 8.91. The van der Waals surface area contributed by atoms with E-state index in [1.165, 1.54) is 0 Å². The van der Waals surface area contributed by atoms with Crippen LogP contribution in [0.4, 0.5) is 5.00 Å². The minimum absolute atomic E-state index is 0.0933. The molecule has 0 bridgehead atoms. The number of nitrogens with zero attached hydrogens (tertiary/aromatic N) is 2. The second-order valence-corrected chi connectivity index (χ2v) is 5.15. The number of hydrogen-bond acceptors (Lipinski definition) is 6. The van der Waals surface area contributed by atoms with Crippen molar-refractivity contribution in [2.24, 2.45) is 0 Å². The molecule has 2 heterocycles. The van der Waals surface area contributed by atoms with Gasteiger partial charge in [0.2, 0.25) is 0 Å². The van der Waals surface area contributed by atoms with Crippen LogP contribution in [0, 0.1) is 20.8 Å². The fourth-order valence-electron chi connectivity index (χ4n) is 2.10. The average Bonchev–Trinajstić information content (AvgIpc) is 2.83. The van der Waals surface area contributed by atoms with Crippen molar-refractivity contribution >= 4 is 22.5 Å². The number of nitrogens with one attached hydrogen (secondary N) is 1. The van der Waals surface area contributed by atoms with Crippen molar-refractivity contribution in [1.82, 2.24) is 9.53 Å². The van der Waals surface area contributed by atoms with Gasteiger partial charge in [0.1, 0.15) is 16.3 Å². The van der Waals surface area contributed by atoms with Gasteiger partial charge in [0.15, 0.2) is 0 Å². The van der Waals surface area contributed by atoms with Crippen molar-refractivity contribution in [1.29, 1.82) is 0 Å². The minimum atomic E-state index is -0.972. The smallest absolute Gasteiger partial charge is 0.340 e. The first-order valence-corrected chi connectivity index (χ1v) is 6.58. The largest absolute Gasteiger partial charge is 0.478 e. The molecule has 2 aromatic rings. The standard InChI is InChI=1S/C12H15N3O3S/c1-5(9-6(2)14-18-8(9)4)13-11-10(12(16)17)7(3)15-19-11/h5,13H,1-4H3,(H,16,17). The van der Waals surface area contributed by atoms with E-state index in [2.05, 4.69) is 14.8 Å². The lowest BCUT2D eigenvalue weighted by atomic mass is 10.1. The van der Waals surface area contributed by atoms with Gasteiger partial charge < -0.3 is 14.9 Å². The molecule has 0 aliphatic heterocycles. The zero-order chi connectivity index (χ0) is 14.2. The van der Waals surface area contributed by atoms with Crippen LogP contribution in [0.5, 0.6) is 0 Å². The van der Waals surface area contributed by atoms with Gasteiger partial charge in [-0.15, -0.1) is 0 Å². The van der Waals surface area contributed by atoms with Crippen LogP contribution in [0.15, 0.2) is 4.52 Å². The minimum Gasteiger partial charge on any atom is -0.478 e. The third-order valence-corrected chi connectivity index (χ3v) is 3.82. The van der Waals surface area contributed by atoms with Gasteiger partial charge in [0, 0.05) is 5.56 Å². The van der Waals surface area contributed by atoms with Gasteiger partial charge in [-0.2, -0.15) is 4.37 Å². The lowest BCUT2D eigenvalue weighted by Gasteiger charge is -2.13. The molecule has 0 aliphatic carbocycles. The third-order valence-electron chi connectivity index (χ3n) is 2.95. The van der Waals surface area contributed by atoms with E-state index in [1.54, 1.807) is 6.92 Å². The maximum atomic E-state index is 11.2. The summed E-state index contributed by atoms with van der Waals surface area (Å²) in [5.74, 6) is -0.240. The molecule has 0 fully saturated rings. The highest BCUT2D eigenvalue weighted by atomic mass is 32.1. The monoisotopic (exact) mass is 281 g/mol. The van der Waals surface area contributed by atoms with Gasteiger partial charge in [0.25, 0.3) is 0 Å². The zero-order valence-electron chi connectivity index (χ0n) is 11.1. The quantitative estimate of drug-likeness (QED) is 0.895. The summed E-state index contributed by atoms with van der Waals surface area (Å²) < 4.78 is 9.19. The number of hydrogen-bond donors (Lipinski definition) is 2. The average molecular weight is 281 g/mol. The highest BCUT2D eigenvalue weighted by Gasteiger charge is 2.22. The Morgan fingerprint density at radius 1 is 1.37 bits per heavy atom. The molecule has 1 unspecified atom stereocenters. The SMILES string of the molecule is Cc1nsc(NC(C)c2c(C)noc2C)c1C(=O)O. The van der Waals surface area contributed by atoms with Gasteiger partial charge >= 0.3 is 5.97 Å². The topological polar surface area (TPSA) is 88.3 Å². The Kier molecular flexibility index (Phi) is 3.57. The van der Waals surface area contributed by atoms with Crippen LogP contribution in [0.3, 0.4) is 0 Å². The fraction of sp³-hybridized carbons (Fsp3) is 0.417. The summed E-state index contributed by atoms with van der Waals surface area (Å²) in [5.41, 5.74) is 2.49. The molecule has 1 atom stereocenters. The third kappa shape index (κ3) is 2.46. The normalized spacial score (nSPS) is 12.4. The van der Waals surface area contributed by atoms with Crippen molar-refractivity contribution in [3.63, 3.8) is 0 Å². The van der Waals surface area contributed by atoms with E-state index in [0.29, 0.717) is 10.7 Å². The van der Waals surface area contributed by atoms with Crippen LogP contribution in [-0.4, -0.2) is 20.6 Å². The van der Waals surface area contributed by atoms with Crippen molar-refractivity contribution in [2.45, 2.75) is 33.7 Å². The van der Waals surface area contributed by atoms with Gasteiger partial charge in [-0.25, -0.2) is 4.79 Å². The van der Waals surface area contributed by atoms with Gasteiger partial charge in [-0.1, -0.05) is 5.16 Å². The lowest BCUT2D eigenvalue weighted by Crippen LogP contribution is -2.10. The van der Waals surface area contributed by atoms with E-state index in [-0.39, 0.29) is 11.6 Å². The summed E-state index contributed by atoms with van der Waals surface area (Å²) >= 11 is 1.15. The van der Waals surface area contributed by atoms with Crippen LogP contribution >= 0.6 is 11.5 Å². The fourth-order valence-corrected chi connectivity index (χ4v) is 2.97. The van der Waals surface area contributed by atoms with Gasteiger partial charge in [-0.05, 0) is 39.2 Å². The molecule has 6 nitrogen and oxygen atoms in total. The molecule has 0 saturated carbocycles. The summed E-state index contributed by atoms with van der Waals surface area (Å²) in [5, 5.41) is 16.8. The first kappa shape index (κ1) is 13.5. The van der Waals surface area contributed by atoms with E-state index in [9.17, 15) is 9.90 Å². The van der Waals surface area contributed by atoms with Crippen LogP contribution < -0.4 is 5.32 Å². The number of carboxylic acid groups (broad SMARTS) is 1. The Bertz CT molecular complexity index is 598. The van der Waals surface area contributed by atoms with E-state index in [4.69, 9.17) is 4.52 Å². The number of carboxylic acids is 1. The maximum absolute atomic E-state index is 11.2. The second kappa shape index (κ2) is 5.00. The lowest BCUT2D eigenvalue weighted by molar-refractivity contribution is 0.0697. The van der Waals surface area contributed by atoms with Crippen LogP contribution in [0.2, 0.25) is 0 Å². The Labute approximate surface area is 114 Å². The zero-order valence-corrected chi connectivity index (χ0v) is 12.0. The molecule has 102 valence electrons. The summed E-state index contributed by atoms with van der Waals surface area (Å²) in [6.07, 6.45) is 0. The molecular weight excluding hydrogens is 266 g/mol. The van der Waals surface area contributed by atoms with Crippen LogP contribution in [-0.2, 0) is 0 Å². The first-order valence-electron chi connectivity index (χ1n) is 5.80. The number of carbonyl (C=O) groups is 1. The van der Waals surface area contributed by atoms with Crippen molar-refractivity contribution in [3.8, 4) is 0 Å². The Morgan fingerprint density at radius 3 is 2.58 bits per heavy atom. The van der Waals surface area contributed by atoms with Gasteiger partial charge in [-0.3, -0.25) is 0 Å². The maximum Gasteiger partial charge on any atom is 0.340 e. The Hall–Kier alpha value is -1.89. The highest BCUT2D eigenvalue weighted by molar-refractivity contribution is 7.10. The van der Waals surface area contributed by atoms with Crippen molar-refractivity contribution in [2.75, 3.05) is 5.32 Å². The second-order valence-electron chi connectivity index (χ2n) is 4.38. The molecule has 2 aromatic heterocycles. The Morgan fingerprint density at radius 2 is 2.05 bits per heavy atom. The van der Waals surface area contributed by atoms with Crippen LogP contribution in [0.25, 0.3) is 0 Å². The number of aromatic carboxylic acids is 1. The molecule has 7 heteroatoms. The van der Waals surface area contributed by atoms with Crippen molar-refractivity contribution in [3.05, 3.63) is 28.3 Å². The molecule has 2 rings (SSSR count). The highest BCUT2D eigenvalue weighted by Crippen LogP contribution is 2.30. The van der Waals surface area contributed by atoms with E-state index < -0.39 is 5.97 Å². The summed E-state index contributed by atoms with van der Waals surface area (Å²) in [6.45, 7) is 7.32.